The first-order valence-corrected chi connectivity index (χ1v) is 7.32. The third-order valence-corrected chi connectivity index (χ3v) is 5.54. The molecule has 3 rings (SSSR count). The van der Waals surface area contributed by atoms with Crippen LogP contribution in [0.25, 0.3) is 0 Å². The highest BCUT2D eigenvalue weighted by molar-refractivity contribution is 5.90. The summed E-state index contributed by atoms with van der Waals surface area (Å²) >= 11 is 0. The molecule has 1 aliphatic carbocycles. The molecule has 2 saturated heterocycles. The van der Waals surface area contributed by atoms with E-state index in [9.17, 15) is 9.59 Å². The van der Waals surface area contributed by atoms with Crippen LogP contribution in [0.2, 0.25) is 0 Å². The molecule has 5 unspecified atom stereocenters. The number of carboxylic acid groups (broad SMARTS) is 1. The fraction of sp³-hybridized carbons (Fsp3) is 0.857. The van der Waals surface area contributed by atoms with Gasteiger partial charge in [-0.3, -0.25) is 9.59 Å². The molecule has 1 saturated carbocycles. The molecule has 118 valence electrons. The highest BCUT2D eigenvalue weighted by Crippen LogP contribution is 2.58. The molecule has 2 heterocycles. The molecule has 0 bridgehead atoms. The number of hydrogen-bond donors (Lipinski definition) is 3. The largest absolute Gasteiger partial charge is 0.481 e. The van der Waals surface area contributed by atoms with E-state index in [1.54, 1.807) is 0 Å². The van der Waals surface area contributed by atoms with Gasteiger partial charge in [0.25, 0.3) is 0 Å². The van der Waals surface area contributed by atoms with Crippen molar-refractivity contribution in [3.05, 3.63) is 0 Å². The van der Waals surface area contributed by atoms with E-state index in [4.69, 9.17) is 20.3 Å². The molecule has 0 aromatic carbocycles. The van der Waals surface area contributed by atoms with E-state index in [1.165, 1.54) is 0 Å². The summed E-state index contributed by atoms with van der Waals surface area (Å²) in [7, 11) is 0. The number of ether oxygens (including phenoxy) is 2. The number of nitrogens with two attached hydrogens (primary N) is 1. The average Bonchev–Trinajstić information content (AvgIpc) is 3.05. The molecule has 0 aromatic heterocycles. The topological polar surface area (TPSA) is 111 Å². The van der Waals surface area contributed by atoms with Gasteiger partial charge in [0.2, 0.25) is 5.91 Å². The Labute approximate surface area is 123 Å². The van der Waals surface area contributed by atoms with Crippen molar-refractivity contribution in [3.8, 4) is 0 Å². The van der Waals surface area contributed by atoms with Gasteiger partial charge in [-0.15, -0.1) is 0 Å². The van der Waals surface area contributed by atoms with Gasteiger partial charge in [0.05, 0.1) is 25.4 Å². The molecule has 21 heavy (non-hydrogen) atoms. The number of nitrogens with one attached hydrogen (secondary N) is 1. The summed E-state index contributed by atoms with van der Waals surface area (Å²) in [5, 5.41) is 11.9. The lowest BCUT2D eigenvalue weighted by Gasteiger charge is -2.60. The molecule has 2 aliphatic heterocycles. The second-order valence-corrected chi connectivity index (χ2v) is 6.84. The fourth-order valence-corrected chi connectivity index (χ4v) is 4.07. The lowest BCUT2D eigenvalue weighted by Crippen LogP contribution is -2.80. The highest BCUT2D eigenvalue weighted by atomic mass is 16.5. The Morgan fingerprint density at radius 3 is 2.71 bits per heavy atom. The summed E-state index contributed by atoms with van der Waals surface area (Å²) < 4.78 is 10.8. The quantitative estimate of drug-likeness (QED) is 0.638. The normalized spacial score (nSPS) is 44.0. The first kappa shape index (κ1) is 14.7. The number of carbonyl (C=O) groups is 2. The van der Waals surface area contributed by atoms with Crippen LogP contribution in [0.15, 0.2) is 0 Å². The third-order valence-electron chi connectivity index (χ3n) is 5.54. The zero-order chi connectivity index (χ0) is 15.4. The lowest BCUT2D eigenvalue weighted by molar-refractivity contribution is -0.176. The molecule has 4 N–H and O–H groups in total. The van der Waals surface area contributed by atoms with Gasteiger partial charge in [-0.1, -0.05) is 13.8 Å². The van der Waals surface area contributed by atoms with Crippen molar-refractivity contribution >= 4 is 11.9 Å². The number of amides is 1. The standard InChI is InChI=1S/C14H22N2O5/c1-13(2)10-8(3-4-21-10)14(13,15)12(19)16-9-6-20-5-7(9)11(17)18/h7-10H,3-6,15H2,1-2H3,(H,16,19)(H,17,18). The van der Waals surface area contributed by atoms with Gasteiger partial charge >= 0.3 is 5.97 Å². The number of carboxylic acids is 1. The van der Waals surface area contributed by atoms with Crippen molar-refractivity contribution in [2.24, 2.45) is 23.0 Å². The second kappa shape index (κ2) is 4.66. The molecule has 5 atom stereocenters. The Morgan fingerprint density at radius 2 is 2.05 bits per heavy atom. The van der Waals surface area contributed by atoms with Crippen molar-refractivity contribution in [2.75, 3.05) is 19.8 Å². The minimum atomic E-state index is -1.01. The first-order valence-electron chi connectivity index (χ1n) is 7.32. The lowest BCUT2D eigenvalue weighted by atomic mass is 9.48. The van der Waals surface area contributed by atoms with Gasteiger partial charge < -0.3 is 25.6 Å². The van der Waals surface area contributed by atoms with Crippen molar-refractivity contribution in [1.82, 2.24) is 5.32 Å². The van der Waals surface area contributed by atoms with Gasteiger partial charge in [-0.05, 0) is 6.42 Å². The number of aliphatic carboxylic acids is 1. The molecule has 7 nitrogen and oxygen atoms in total. The Hall–Kier alpha value is -1.18. The van der Waals surface area contributed by atoms with Crippen LogP contribution in [-0.2, 0) is 19.1 Å². The molecular formula is C14H22N2O5. The number of hydrogen-bond acceptors (Lipinski definition) is 5. The molecule has 3 fully saturated rings. The predicted molar refractivity (Wildman–Crippen MR) is 72.4 cm³/mol. The van der Waals surface area contributed by atoms with E-state index in [2.05, 4.69) is 5.32 Å². The SMILES string of the molecule is CC1(C)C2OCCC2C1(N)C(=O)NC1COCC1C(=O)O. The molecule has 1 amide bonds. The summed E-state index contributed by atoms with van der Waals surface area (Å²) in [5.41, 5.74) is 4.95. The van der Waals surface area contributed by atoms with Gasteiger partial charge in [0, 0.05) is 17.9 Å². The molecule has 3 aliphatic rings. The Kier molecular flexibility index (Phi) is 3.27. The Morgan fingerprint density at radius 1 is 1.33 bits per heavy atom. The minimum Gasteiger partial charge on any atom is -0.481 e. The minimum absolute atomic E-state index is 0.00176. The van der Waals surface area contributed by atoms with Crippen molar-refractivity contribution in [2.45, 2.75) is 38.0 Å². The van der Waals surface area contributed by atoms with Crippen molar-refractivity contribution in [1.29, 1.82) is 0 Å². The maximum absolute atomic E-state index is 12.7. The van der Waals surface area contributed by atoms with Crippen molar-refractivity contribution < 1.29 is 24.2 Å². The highest BCUT2D eigenvalue weighted by Gasteiger charge is 2.71. The van der Waals surface area contributed by atoms with Gasteiger partial charge in [0.1, 0.15) is 11.5 Å². The maximum atomic E-state index is 12.7. The number of carbonyl (C=O) groups excluding carboxylic acids is 1. The van der Waals surface area contributed by atoms with Crippen LogP contribution in [-0.4, -0.2) is 54.5 Å². The number of fused-ring (bicyclic) bond motifs is 1. The Balaban J connectivity index is 1.75. The summed E-state index contributed by atoms with van der Waals surface area (Å²) in [5.74, 6) is -1.96. The molecular weight excluding hydrogens is 276 g/mol. The molecule has 0 radical (unpaired) electrons. The van der Waals surface area contributed by atoms with Crippen LogP contribution >= 0.6 is 0 Å². The average molecular weight is 298 g/mol. The summed E-state index contributed by atoms with van der Waals surface area (Å²) in [6.07, 6.45) is 0.769. The molecule has 7 heteroatoms. The van der Waals surface area contributed by atoms with Gasteiger partial charge in [0.15, 0.2) is 0 Å². The Bertz CT molecular complexity index is 480. The van der Waals surface area contributed by atoms with E-state index >= 15 is 0 Å². The molecule has 0 spiro atoms. The van der Waals surface area contributed by atoms with E-state index < -0.39 is 28.9 Å². The maximum Gasteiger partial charge on any atom is 0.311 e. The first-order chi connectivity index (χ1) is 9.80. The van der Waals surface area contributed by atoms with Gasteiger partial charge in [-0.2, -0.15) is 0 Å². The van der Waals surface area contributed by atoms with E-state index in [-0.39, 0.29) is 31.1 Å². The molecule has 0 aromatic rings. The van der Waals surface area contributed by atoms with Gasteiger partial charge in [-0.25, -0.2) is 0 Å². The summed E-state index contributed by atoms with van der Waals surface area (Å²) in [4.78, 5) is 23.8. The summed E-state index contributed by atoms with van der Waals surface area (Å²) in [6.45, 7) is 4.81. The number of rotatable bonds is 3. The third kappa shape index (κ3) is 1.84. The zero-order valence-corrected chi connectivity index (χ0v) is 12.3. The predicted octanol–water partition coefficient (Wildman–Crippen LogP) is -0.655. The van der Waals surface area contributed by atoms with Crippen LogP contribution in [0.5, 0.6) is 0 Å². The smallest absolute Gasteiger partial charge is 0.311 e. The van der Waals surface area contributed by atoms with Crippen LogP contribution in [0.3, 0.4) is 0 Å². The van der Waals surface area contributed by atoms with Crippen LogP contribution in [0, 0.1) is 17.3 Å². The van der Waals surface area contributed by atoms with Crippen molar-refractivity contribution in [3.63, 3.8) is 0 Å². The fourth-order valence-electron chi connectivity index (χ4n) is 4.07. The second-order valence-electron chi connectivity index (χ2n) is 6.84. The monoisotopic (exact) mass is 298 g/mol. The summed E-state index contributed by atoms with van der Waals surface area (Å²) in [6, 6.07) is -0.521. The van der Waals surface area contributed by atoms with E-state index in [0.717, 1.165) is 6.42 Å². The van der Waals surface area contributed by atoms with Crippen LogP contribution in [0.1, 0.15) is 20.3 Å². The van der Waals surface area contributed by atoms with Crippen LogP contribution < -0.4 is 11.1 Å². The van der Waals surface area contributed by atoms with E-state index in [0.29, 0.717) is 6.61 Å². The van der Waals surface area contributed by atoms with Crippen LogP contribution in [0.4, 0.5) is 0 Å². The van der Waals surface area contributed by atoms with E-state index in [1.807, 2.05) is 13.8 Å². The zero-order valence-electron chi connectivity index (χ0n) is 12.3.